The van der Waals surface area contributed by atoms with Crippen LogP contribution < -0.4 is 4.74 Å². The van der Waals surface area contributed by atoms with Crippen LogP contribution in [0.3, 0.4) is 0 Å². The largest absolute Gasteiger partial charge is 0.493 e. The first-order valence-electron chi connectivity index (χ1n) is 5.49. The molecule has 0 amide bonds. The molecule has 1 aromatic heterocycles. The molecular weight excluding hydrogens is 264 g/mol. The first kappa shape index (κ1) is 12.9. The maximum atomic E-state index is 8.56. The number of aromatic nitrogens is 1. The molecular formula is C13H12N2OS2. The van der Waals surface area contributed by atoms with Crippen LogP contribution in [0.1, 0.15) is 5.56 Å². The predicted molar refractivity (Wildman–Crippen MR) is 74.1 cm³/mol. The van der Waals surface area contributed by atoms with Crippen molar-refractivity contribution in [1.29, 1.82) is 5.26 Å². The second-order valence-corrected chi connectivity index (χ2v) is 5.71. The summed E-state index contributed by atoms with van der Waals surface area (Å²) >= 11 is 3.34. The van der Waals surface area contributed by atoms with Crippen molar-refractivity contribution in [3.63, 3.8) is 0 Å². The molecule has 0 fully saturated rings. The van der Waals surface area contributed by atoms with Crippen molar-refractivity contribution in [3.05, 3.63) is 41.4 Å². The number of nitriles is 1. The van der Waals surface area contributed by atoms with E-state index >= 15 is 0 Å². The summed E-state index contributed by atoms with van der Waals surface area (Å²) in [6.07, 6.45) is 2.25. The SMILES string of the molecule is N#CCc1ccc(OCCSc2nccs2)cc1. The summed E-state index contributed by atoms with van der Waals surface area (Å²) in [4.78, 5) is 4.19. The lowest BCUT2D eigenvalue weighted by Crippen LogP contribution is -1.99. The fraction of sp³-hybridized carbons (Fsp3) is 0.231. The Morgan fingerprint density at radius 2 is 2.17 bits per heavy atom. The maximum absolute atomic E-state index is 8.56. The van der Waals surface area contributed by atoms with Gasteiger partial charge in [0.2, 0.25) is 0 Å². The molecule has 0 unspecified atom stereocenters. The highest BCUT2D eigenvalue weighted by Gasteiger charge is 1.98. The smallest absolute Gasteiger partial charge is 0.149 e. The molecule has 0 spiro atoms. The third-order valence-electron chi connectivity index (χ3n) is 2.19. The lowest BCUT2D eigenvalue weighted by molar-refractivity contribution is 0.344. The van der Waals surface area contributed by atoms with E-state index in [2.05, 4.69) is 11.1 Å². The summed E-state index contributed by atoms with van der Waals surface area (Å²) in [5.74, 6) is 1.73. The minimum Gasteiger partial charge on any atom is -0.493 e. The molecule has 0 radical (unpaired) electrons. The van der Waals surface area contributed by atoms with E-state index in [1.165, 1.54) is 0 Å². The summed E-state index contributed by atoms with van der Waals surface area (Å²) in [6, 6.07) is 9.77. The Kier molecular flexibility index (Phi) is 5.06. The van der Waals surface area contributed by atoms with Crippen LogP contribution in [-0.4, -0.2) is 17.3 Å². The van der Waals surface area contributed by atoms with Crippen molar-refractivity contribution in [1.82, 2.24) is 4.98 Å². The zero-order valence-electron chi connectivity index (χ0n) is 9.70. The summed E-state index contributed by atoms with van der Waals surface area (Å²) in [6.45, 7) is 0.655. The van der Waals surface area contributed by atoms with Gasteiger partial charge in [-0.3, -0.25) is 0 Å². The van der Waals surface area contributed by atoms with Crippen LogP contribution in [0.15, 0.2) is 40.2 Å². The maximum Gasteiger partial charge on any atom is 0.149 e. The van der Waals surface area contributed by atoms with Gasteiger partial charge in [0.25, 0.3) is 0 Å². The van der Waals surface area contributed by atoms with Crippen LogP contribution in [0.4, 0.5) is 0 Å². The van der Waals surface area contributed by atoms with Crippen LogP contribution in [-0.2, 0) is 6.42 Å². The van der Waals surface area contributed by atoms with Crippen molar-refractivity contribution < 1.29 is 4.74 Å². The predicted octanol–water partition coefficient (Wildman–Crippen LogP) is 3.38. The fourth-order valence-corrected chi connectivity index (χ4v) is 2.89. The van der Waals surface area contributed by atoms with Gasteiger partial charge in [0.05, 0.1) is 19.1 Å². The van der Waals surface area contributed by atoms with Gasteiger partial charge in [-0.25, -0.2) is 4.98 Å². The molecule has 3 nitrogen and oxygen atoms in total. The van der Waals surface area contributed by atoms with Crippen LogP contribution in [0, 0.1) is 11.3 Å². The van der Waals surface area contributed by atoms with Crippen molar-refractivity contribution in [2.24, 2.45) is 0 Å². The van der Waals surface area contributed by atoms with Crippen LogP contribution in [0.2, 0.25) is 0 Å². The molecule has 0 aliphatic carbocycles. The van der Waals surface area contributed by atoms with Crippen molar-refractivity contribution in [2.75, 3.05) is 12.4 Å². The Balaban J connectivity index is 1.71. The number of hydrogen-bond acceptors (Lipinski definition) is 5. The highest BCUT2D eigenvalue weighted by Crippen LogP contribution is 2.20. The highest BCUT2D eigenvalue weighted by molar-refractivity contribution is 8.01. The van der Waals surface area contributed by atoms with Gasteiger partial charge in [-0.2, -0.15) is 5.26 Å². The molecule has 1 aromatic carbocycles. The fourth-order valence-electron chi connectivity index (χ4n) is 1.36. The van der Waals surface area contributed by atoms with Crippen molar-refractivity contribution >= 4 is 23.1 Å². The Labute approximate surface area is 114 Å². The van der Waals surface area contributed by atoms with Crippen molar-refractivity contribution in [2.45, 2.75) is 10.8 Å². The quantitative estimate of drug-likeness (QED) is 0.599. The van der Waals surface area contributed by atoms with E-state index in [9.17, 15) is 0 Å². The summed E-state index contributed by atoms with van der Waals surface area (Å²) in [5.41, 5.74) is 1.02. The van der Waals surface area contributed by atoms with Gasteiger partial charge in [0.15, 0.2) is 0 Å². The van der Waals surface area contributed by atoms with Gasteiger partial charge >= 0.3 is 0 Å². The van der Waals surface area contributed by atoms with E-state index in [-0.39, 0.29) is 0 Å². The van der Waals surface area contributed by atoms with E-state index < -0.39 is 0 Å². The Morgan fingerprint density at radius 1 is 1.33 bits per heavy atom. The summed E-state index contributed by atoms with van der Waals surface area (Å²) in [7, 11) is 0. The number of hydrogen-bond donors (Lipinski definition) is 0. The van der Waals surface area contributed by atoms with Crippen molar-refractivity contribution in [3.8, 4) is 11.8 Å². The molecule has 18 heavy (non-hydrogen) atoms. The second-order valence-electron chi connectivity index (χ2n) is 3.47. The van der Waals surface area contributed by atoms with Crippen LogP contribution >= 0.6 is 23.1 Å². The molecule has 5 heteroatoms. The number of nitrogens with zero attached hydrogens (tertiary/aromatic N) is 2. The van der Waals surface area contributed by atoms with E-state index in [0.29, 0.717) is 13.0 Å². The molecule has 2 rings (SSSR count). The first-order valence-corrected chi connectivity index (χ1v) is 7.36. The van der Waals surface area contributed by atoms with Gasteiger partial charge in [0.1, 0.15) is 10.1 Å². The van der Waals surface area contributed by atoms with E-state index in [1.54, 1.807) is 23.1 Å². The van der Waals surface area contributed by atoms with Gasteiger partial charge in [-0.15, -0.1) is 11.3 Å². The zero-order valence-corrected chi connectivity index (χ0v) is 11.3. The average molecular weight is 276 g/mol. The lowest BCUT2D eigenvalue weighted by atomic mass is 10.2. The minimum absolute atomic E-state index is 0.445. The molecule has 2 aromatic rings. The van der Waals surface area contributed by atoms with E-state index in [1.807, 2.05) is 35.8 Å². The van der Waals surface area contributed by atoms with Gasteiger partial charge < -0.3 is 4.74 Å². The standard InChI is InChI=1S/C13H12N2OS2/c14-6-5-11-1-3-12(4-2-11)16-8-10-18-13-15-7-9-17-13/h1-4,7,9H,5,8,10H2. The third-order valence-corrected chi connectivity index (χ3v) is 4.12. The topological polar surface area (TPSA) is 45.9 Å². The molecule has 0 saturated carbocycles. The average Bonchev–Trinajstić information content (AvgIpc) is 2.90. The third kappa shape index (κ3) is 4.06. The molecule has 0 bridgehead atoms. The molecule has 92 valence electrons. The number of thiazole rings is 1. The van der Waals surface area contributed by atoms with E-state index in [4.69, 9.17) is 10.00 Å². The minimum atomic E-state index is 0.445. The van der Waals surface area contributed by atoms with Gasteiger partial charge in [0, 0.05) is 17.3 Å². The monoisotopic (exact) mass is 276 g/mol. The second kappa shape index (κ2) is 7.04. The normalized spacial score (nSPS) is 9.94. The highest BCUT2D eigenvalue weighted by atomic mass is 32.2. The molecule has 0 N–H and O–H groups in total. The number of thioether (sulfide) groups is 1. The molecule has 0 aliphatic heterocycles. The Hall–Kier alpha value is -1.51. The summed E-state index contributed by atoms with van der Waals surface area (Å²) < 4.78 is 6.68. The number of rotatable bonds is 6. The molecule has 1 heterocycles. The molecule has 0 saturated heterocycles. The van der Waals surface area contributed by atoms with E-state index in [0.717, 1.165) is 21.4 Å². The number of benzene rings is 1. The molecule has 0 aliphatic rings. The number of ether oxygens (including phenoxy) is 1. The van der Waals surface area contributed by atoms with Crippen LogP contribution in [0.25, 0.3) is 0 Å². The first-order chi connectivity index (χ1) is 8.88. The van der Waals surface area contributed by atoms with Gasteiger partial charge in [-0.05, 0) is 17.7 Å². The zero-order chi connectivity index (χ0) is 12.6. The Morgan fingerprint density at radius 3 is 2.83 bits per heavy atom. The summed E-state index contributed by atoms with van der Waals surface area (Å²) in [5, 5.41) is 10.5. The lowest BCUT2D eigenvalue weighted by Gasteiger charge is -2.05. The van der Waals surface area contributed by atoms with Crippen LogP contribution in [0.5, 0.6) is 5.75 Å². The van der Waals surface area contributed by atoms with Gasteiger partial charge in [-0.1, -0.05) is 23.9 Å². The Bertz CT molecular complexity index is 503. The molecule has 0 atom stereocenters.